The minimum atomic E-state index is -4.47. The number of nitrogens with two attached hydrogens (primary N) is 1. The second kappa shape index (κ2) is 7.41. The minimum Gasteiger partial charge on any atom is -0.497 e. The summed E-state index contributed by atoms with van der Waals surface area (Å²) in [6.07, 6.45) is -4.47. The molecule has 0 unspecified atom stereocenters. The highest BCUT2D eigenvalue weighted by Gasteiger charge is 2.34. The van der Waals surface area contributed by atoms with Crippen molar-refractivity contribution in [3.8, 4) is 5.75 Å². The molecule has 140 valence electrons. The van der Waals surface area contributed by atoms with E-state index in [2.05, 4.69) is 9.88 Å². The molecule has 0 amide bonds. The number of pyridine rings is 1. The predicted molar refractivity (Wildman–Crippen MR) is 94.6 cm³/mol. The fourth-order valence-corrected chi connectivity index (χ4v) is 3.04. The molecule has 1 aromatic carbocycles. The maximum absolute atomic E-state index is 13.0. The van der Waals surface area contributed by atoms with Crippen molar-refractivity contribution >= 4 is 11.5 Å². The van der Waals surface area contributed by atoms with E-state index in [1.807, 2.05) is 29.2 Å². The molecule has 0 spiro atoms. The Balaban J connectivity index is 1.74. The Morgan fingerprint density at radius 1 is 1.00 bits per heavy atom. The number of halogens is 3. The van der Waals surface area contributed by atoms with E-state index in [0.29, 0.717) is 37.6 Å². The lowest BCUT2D eigenvalue weighted by atomic mass is 10.2. The number of nitrogens with zero attached hydrogens (tertiary/aromatic N) is 3. The van der Waals surface area contributed by atoms with E-state index in [1.165, 1.54) is 6.07 Å². The zero-order valence-corrected chi connectivity index (χ0v) is 14.5. The highest BCUT2D eigenvalue weighted by molar-refractivity contribution is 5.53. The van der Waals surface area contributed by atoms with Gasteiger partial charge < -0.3 is 20.3 Å². The Kier molecular flexibility index (Phi) is 5.22. The molecule has 5 nitrogen and oxygen atoms in total. The molecule has 0 bridgehead atoms. The second-order valence-electron chi connectivity index (χ2n) is 6.05. The zero-order chi connectivity index (χ0) is 18.7. The summed E-state index contributed by atoms with van der Waals surface area (Å²) in [6.45, 7) is 2.68. The standard InChI is InChI=1S/C18H21F3N4O/c1-26-15-5-3-14(4-6-15)24-8-10-25(11-9-24)17-13(12-22)2-7-16(23-17)18(19,20)21/h2-7H,8-12,22H2,1H3. The molecule has 1 fully saturated rings. The molecule has 1 aliphatic heterocycles. The molecule has 0 saturated carbocycles. The maximum Gasteiger partial charge on any atom is 0.433 e. The first-order valence-corrected chi connectivity index (χ1v) is 8.33. The quantitative estimate of drug-likeness (QED) is 0.902. The molecule has 26 heavy (non-hydrogen) atoms. The van der Waals surface area contributed by atoms with E-state index < -0.39 is 11.9 Å². The predicted octanol–water partition coefficient (Wildman–Crippen LogP) is 2.89. The fraction of sp³-hybridized carbons (Fsp3) is 0.389. The lowest BCUT2D eigenvalue weighted by Gasteiger charge is -2.37. The van der Waals surface area contributed by atoms with E-state index in [-0.39, 0.29) is 6.54 Å². The van der Waals surface area contributed by atoms with Crippen molar-refractivity contribution in [1.29, 1.82) is 0 Å². The van der Waals surface area contributed by atoms with E-state index in [9.17, 15) is 13.2 Å². The largest absolute Gasteiger partial charge is 0.497 e. The number of hydrogen-bond donors (Lipinski definition) is 1. The van der Waals surface area contributed by atoms with Crippen LogP contribution in [0.1, 0.15) is 11.3 Å². The lowest BCUT2D eigenvalue weighted by molar-refractivity contribution is -0.141. The van der Waals surface area contributed by atoms with Crippen molar-refractivity contribution in [2.45, 2.75) is 12.7 Å². The van der Waals surface area contributed by atoms with E-state index in [4.69, 9.17) is 10.5 Å². The molecule has 1 saturated heterocycles. The summed E-state index contributed by atoms with van der Waals surface area (Å²) in [7, 11) is 1.62. The second-order valence-corrected chi connectivity index (χ2v) is 6.05. The molecule has 2 N–H and O–H groups in total. The molecule has 0 atom stereocenters. The number of hydrogen-bond acceptors (Lipinski definition) is 5. The third-order valence-corrected chi connectivity index (χ3v) is 4.48. The molecular weight excluding hydrogens is 345 g/mol. The van der Waals surface area contributed by atoms with E-state index in [1.54, 1.807) is 7.11 Å². The molecule has 8 heteroatoms. The maximum atomic E-state index is 13.0. The van der Waals surface area contributed by atoms with Crippen LogP contribution in [-0.2, 0) is 12.7 Å². The Morgan fingerprint density at radius 2 is 1.62 bits per heavy atom. The van der Waals surface area contributed by atoms with Gasteiger partial charge in [-0.3, -0.25) is 0 Å². The van der Waals surface area contributed by atoms with Crippen molar-refractivity contribution in [2.75, 3.05) is 43.1 Å². The summed E-state index contributed by atoms with van der Waals surface area (Å²) >= 11 is 0. The van der Waals surface area contributed by atoms with Gasteiger partial charge in [-0.05, 0) is 30.3 Å². The smallest absolute Gasteiger partial charge is 0.433 e. The average molecular weight is 366 g/mol. The van der Waals surface area contributed by atoms with Gasteiger partial charge in [0.2, 0.25) is 0 Å². The van der Waals surface area contributed by atoms with Crippen LogP contribution in [0, 0.1) is 0 Å². The van der Waals surface area contributed by atoms with Crippen LogP contribution in [0.5, 0.6) is 5.75 Å². The normalized spacial score (nSPS) is 15.3. The van der Waals surface area contributed by atoms with Crippen molar-refractivity contribution in [2.24, 2.45) is 5.73 Å². The summed E-state index contributed by atoms with van der Waals surface area (Å²) in [4.78, 5) is 7.90. The van der Waals surface area contributed by atoms with Gasteiger partial charge in [0.15, 0.2) is 0 Å². The fourth-order valence-electron chi connectivity index (χ4n) is 3.04. The number of methoxy groups -OCH3 is 1. The monoisotopic (exact) mass is 366 g/mol. The SMILES string of the molecule is COc1ccc(N2CCN(c3nc(C(F)(F)F)ccc3CN)CC2)cc1. The summed E-state index contributed by atoms with van der Waals surface area (Å²) in [5.74, 6) is 1.12. The van der Waals surface area contributed by atoms with Crippen LogP contribution in [-0.4, -0.2) is 38.3 Å². The van der Waals surface area contributed by atoms with Crippen molar-refractivity contribution < 1.29 is 17.9 Å². The van der Waals surface area contributed by atoms with Gasteiger partial charge in [-0.2, -0.15) is 13.2 Å². The molecule has 2 aromatic rings. The van der Waals surface area contributed by atoms with Crippen molar-refractivity contribution in [3.63, 3.8) is 0 Å². The van der Waals surface area contributed by atoms with Gasteiger partial charge >= 0.3 is 6.18 Å². The Morgan fingerprint density at radius 3 is 2.15 bits per heavy atom. The molecular formula is C18H21F3N4O. The van der Waals surface area contributed by atoms with Crippen LogP contribution in [0.4, 0.5) is 24.7 Å². The van der Waals surface area contributed by atoms with Crippen LogP contribution < -0.4 is 20.3 Å². The average Bonchev–Trinajstić information content (AvgIpc) is 2.67. The van der Waals surface area contributed by atoms with Gasteiger partial charge in [0, 0.05) is 44.0 Å². The number of ether oxygens (including phenoxy) is 1. The van der Waals surface area contributed by atoms with Crippen molar-refractivity contribution in [3.05, 3.63) is 47.7 Å². The third kappa shape index (κ3) is 3.85. The molecule has 0 aliphatic carbocycles. The number of alkyl halides is 3. The third-order valence-electron chi connectivity index (χ3n) is 4.48. The van der Waals surface area contributed by atoms with Gasteiger partial charge in [0.05, 0.1) is 7.11 Å². The van der Waals surface area contributed by atoms with Crippen molar-refractivity contribution in [1.82, 2.24) is 4.98 Å². The highest BCUT2D eigenvalue weighted by Crippen LogP contribution is 2.31. The first-order valence-electron chi connectivity index (χ1n) is 8.33. The highest BCUT2D eigenvalue weighted by atomic mass is 19.4. The first kappa shape index (κ1) is 18.3. The van der Waals surface area contributed by atoms with Gasteiger partial charge in [-0.1, -0.05) is 6.07 Å². The van der Waals surface area contributed by atoms with E-state index >= 15 is 0 Å². The van der Waals surface area contributed by atoms with Crippen LogP contribution in [0.15, 0.2) is 36.4 Å². The topological polar surface area (TPSA) is 54.6 Å². The van der Waals surface area contributed by atoms with Gasteiger partial charge in [-0.15, -0.1) is 0 Å². The molecule has 0 radical (unpaired) electrons. The lowest BCUT2D eigenvalue weighted by Crippen LogP contribution is -2.47. The van der Waals surface area contributed by atoms with Crippen LogP contribution in [0.3, 0.4) is 0 Å². The van der Waals surface area contributed by atoms with E-state index in [0.717, 1.165) is 17.5 Å². The molecule has 2 heterocycles. The molecule has 1 aliphatic rings. The van der Waals surface area contributed by atoms with Crippen LogP contribution in [0.2, 0.25) is 0 Å². The van der Waals surface area contributed by atoms with Gasteiger partial charge in [0.25, 0.3) is 0 Å². The minimum absolute atomic E-state index is 0.152. The number of rotatable bonds is 4. The van der Waals surface area contributed by atoms with Crippen LogP contribution in [0.25, 0.3) is 0 Å². The summed E-state index contributed by atoms with van der Waals surface area (Å²) < 4.78 is 44.1. The van der Waals surface area contributed by atoms with Gasteiger partial charge in [0.1, 0.15) is 17.3 Å². The molecule has 1 aromatic heterocycles. The number of benzene rings is 1. The first-order chi connectivity index (χ1) is 12.4. The zero-order valence-electron chi connectivity index (χ0n) is 14.5. The Labute approximate surface area is 150 Å². The number of anilines is 2. The van der Waals surface area contributed by atoms with Crippen LogP contribution >= 0.6 is 0 Å². The van der Waals surface area contributed by atoms with Gasteiger partial charge in [-0.25, -0.2) is 4.98 Å². The number of piperazine rings is 1. The summed E-state index contributed by atoms with van der Waals surface area (Å²) in [5.41, 5.74) is 6.48. The number of aromatic nitrogens is 1. The Hall–Kier alpha value is -2.48. The Bertz CT molecular complexity index is 741. The molecule has 3 rings (SSSR count). The summed E-state index contributed by atoms with van der Waals surface area (Å²) in [5, 5.41) is 0. The summed E-state index contributed by atoms with van der Waals surface area (Å²) in [6, 6.07) is 10.1.